The van der Waals surface area contributed by atoms with E-state index in [4.69, 9.17) is 18.9 Å². The Balaban J connectivity index is 1.14. The van der Waals surface area contributed by atoms with Crippen LogP contribution in [0.25, 0.3) is 0 Å². The van der Waals surface area contributed by atoms with Crippen molar-refractivity contribution in [1.29, 1.82) is 0 Å². The lowest BCUT2D eigenvalue weighted by atomic mass is 9.88. The second kappa shape index (κ2) is 6.82. The number of hydrogen-bond acceptors (Lipinski definition) is 6. The van der Waals surface area contributed by atoms with Crippen LogP contribution < -0.4 is 0 Å². The highest BCUT2D eigenvalue weighted by molar-refractivity contribution is 4.91. The molecule has 4 aliphatic heterocycles. The zero-order valence-electron chi connectivity index (χ0n) is 14.5. The number of rotatable bonds is 10. The highest BCUT2D eigenvalue weighted by Gasteiger charge is 2.38. The first kappa shape index (κ1) is 16.0. The summed E-state index contributed by atoms with van der Waals surface area (Å²) in [6.07, 6.45) is 7.15. The lowest BCUT2D eigenvalue weighted by molar-refractivity contribution is 0.0778. The number of epoxide rings is 4. The van der Waals surface area contributed by atoms with Gasteiger partial charge in [-0.15, -0.1) is 0 Å². The zero-order valence-corrected chi connectivity index (χ0v) is 14.5. The molecule has 0 aromatic rings. The van der Waals surface area contributed by atoms with Crippen molar-refractivity contribution in [3.05, 3.63) is 0 Å². The molecule has 0 N–H and O–H groups in total. The van der Waals surface area contributed by atoms with Crippen molar-refractivity contribution in [2.24, 2.45) is 0 Å². The zero-order chi connectivity index (χ0) is 15.9. The molecule has 3 unspecified atom stereocenters. The predicted octanol–water partition coefficient (Wildman–Crippen LogP) is 0.497. The third-order valence-corrected chi connectivity index (χ3v) is 6.06. The highest BCUT2D eigenvalue weighted by Crippen LogP contribution is 2.31. The van der Waals surface area contributed by atoms with E-state index in [-0.39, 0.29) is 0 Å². The molecule has 6 nitrogen and oxygen atoms in total. The van der Waals surface area contributed by atoms with Gasteiger partial charge < -0.3 is 18.9 Å². The van der Waals surface area contributed by atoms with E-state index < -0.39 is 0 Å². The van der Waals surface area contributed by atoms with Crippen LogP contribution in [-0.2, 0) is 18.9 Å². The predicted molar refractivity (Wildman–Crippen MR) is 88.2 cm³/mol. The molecule has 0 spiro atoms. The first-order valence-corrected chi connectivity index (χ1v) is 9.78. The summed E-state index contributed by atoms with van der Waals surface area (Å²) >= 11 is 0. The Morgan fingerprint density at radius 2 is 0.750 bits per heavy atom. The van der Waals surface area contributed by atoms with Gasteiger partial charge in [0.2, 0.25) is 0 Å². The molecule has 6 heteroatoms. The van der Waals surface area contributed by atoms with Crippen LogP contribution in [0.4, 0.5) is 0 Å². The minimum atomic E-state index is 0.483. The molecule has 5 aliphatic rings. The molecule has 0 amide bonds. The average molecular weight is 338 g/mol. The van der Waals surface area contributed by atoms with Gasteiger partial charge in [0, 0.05) is 38.3 Å². The summed E-state index contributed by atoms with van der Waals surface area (Å²) in [6, 6.07) is 1.43. The van der Waals surface area contributed by atoms with Gasteiger partial charge in [-0.2, -0.15) is 0 Å². The maximum Gasteiger partial charge on any atom is 0.0936 e. The lowest BCUT2D eigenvalue weighted by Gasteiger charge is -2.40. The van der Waals surface area contributed by atoms with Gasteiger partial charge >= 0.3 is 0 Å². The van der Waals surface area contributed by atoms with Gasteiger partial charge in [-0.3, -0.25) is 9.80 Å². The van der Waals surface area contributed by atoms with Crippen molar-refractivity contribution in [2.75, 3.05) is 52.6 Å². The normalized spacial score (nSPS) is 43.2. The van der Waals surface area contributed by atoms with Gasteiger partial charge in [0.15, 0.2) is 0 Å². The van der Waals surface area contributed by atoms with Crippen molar-refractivity contribution in [3.8, 4) is 0 Å². The summed E-state index contributed by atoms with van der Waals surface area (Å²) in [6.45, 7) is 8.22. The fourth-order valence-corrected chi connectivity index (χ4v) is 4.27. The number of hydrogen-bond donors (Lipinski definition) is 0. The molecule has 5 rings (SSSR count). The molecular weight excluding hydrogens is 308 g/mol. The van der Waals surface area contributed by atoms with Gasteiger partial charge in [-0.1, -0.05) is 0 Å². The summed E-state index contributed by atoms with van der Waals surface area (Å²) in [4.78, 5) is 5.31. The first-order valence-electron chi connectivity index (χ1n) is 9.78. The minimum Gasteiger partial charge on any atom is -0.372 e. The van der Waals surface area contributed by atoms with Gasteiger partial charge in [-0.05, 0) is 25.7 Å². The molecule has 24 heavy (non-hydrogen) atoms. The van der Waals surface area contributed by atoms with Crippen molar-refractivity contribution in [1.82, 2.24) is 9.80 Å². The van der Waals surface area contributed by atoms with Gasteiger partial charge in [0.1, 0.15) is 0 Å². The second-order valence-corrected chi connectivity index (χ2v) is 8.19. The van der Waals surface area contributed by atoms with Crippen LogP contribution >= 0.6 is 0 Å². The Bertz CT molecular complexity index is 359. The van der Waals surface area contributed by atoms with Gasteiger partial charge in [-0.25, -0.2) is 0 Å². The van der Waals surface area contributed by atoms with E-state index in [9.17, 15) is 0 Å². The van der Waals surface area contributed by atoms with Crippen LogP contribution in [0.15, 0.2) is 0 Å². The van der Waals surface area contributed by atoms with Crippen molar-refractivity contribution >= 4 is 0 Å². The highest BCUT2D eigenvalue weighted by atomic mass is 16.6. The molecular formula is C18H30N2O4. The molecule has 0 radical (unpaired) electrons. The van der Waals surface area contributed by atoms with Gasteiger partial charge in [0.05, 0.1) is 50.8 Å². The second-order valence-electron chi connectivity index (χ2n) is 8.19. The standard InChI is InChI=1S/C18H30N2O4/c1-2-14(20(7-17-11-23-17)8-18-12-24-18)4-3-13(1)19(5-15-9-21-15)6-16-10-22-16/h13-18H,1-12H2/t13?,14?,15-,16?,17?,18?/m1/s1. The molecule has 1 aliphatic carbocycles. The van der Waals surface area contributed by atoms with Crippen molar-refractivity contribution < 1.29 is 18.9 Å². The van der Waals surface area contributed by atoms with Gasteiger partial charge in [0.25, 0.3) is 0 Å². The summed E-state index contributed by atoms with van der Waals surface area (Å²) in [7, 11) is 0. The van der Waals surface area contributed by atoms with Crippen molar-refractivity contribution in [3.63, 3.8) is 0 Å². The van der Waals surface area contributed by atoms with E-state index in [1.54, 1.807) is 0 Å². The van der Waals surface area contributed by atoms with Crippen LogP contribution in [0, 0.1) is 0 Å². The summed E-state index contributed by atoms with van der Waals surface area (Å²) < 4.78 is 21.9. The van der Waals surface area contributed by atoms with Crippen molar-refractivity contribution in [2.45, 2.75) is 62.2 Å². The first-order chi connectivity index (χ1) is 11.8. The SMILES string of the molecule is C1OC1CN(CC1CO1)C1CCC(N(CC2CO2)C[C@@H]2CO2)CC1. The molecule has 0 aromatic carbocycles. The number of ether oxygens (including phenoxy) is 4. The fourth-order valence-electron chi connectivity index (χ4n) is 4.27. The molecule has 5 fully saturated rings. The Hall–Kier alpha value is -0.240. The topological polar surface area (TPSA) is 56.6 Å². The van der Waals surface area contributed by atoms with E-state index in [1.807, 2.05) is 0 Å². The average Bonchev–Trinajstić information content (AvgIpc) is 3.45. The summed E-state index contributed by atoms with van der Waals surface area (Å²) in [5.41, 5.74) is 0. The quantitative estimate of drug-likeness (QED) is 0.541. The Kier molecular flexibility index (Phi) is 4.54. The Labute approximate surface area is 144 Å². The summed E-state index contributed by atoms with van der Waals surface area (Å²) in [5.74, 6) is 0. The van der Waals surface area contributed by atoms with E-state index >= 15 is 0 Å². The Morgan fingerprint density at radius 1 is 0.500 bits per heavy atom. The summed E-state index contributed by atoms with van der Waals surface area (Å²) in [5, 5.41) is 0. The molecule has 0 bridgehead atoms. The minimum absolute atomic E-state index is 0.483. The van der Waals surface area contributed by atoms with E-state index in [1.165, 1.54) is 25.7 Å². The Morgan fingerprint density at radius 3 is 0.958 bits per heavy atom. The maximum absolute atomic E-state index is 5.47. The molecule has 4 saturated heterocycles. The molecule has 4 atom stereocenters. The van der Waals surface area contributed by atoms with Crippen LogP contribution in [0.5, 0.6) is 0 Å². The number of nitrogens with zero attached hydrogens (tertiary/aromatic N) is 2. The van der Waals surface area contributed by atoms with Crippen LogP contribution in [0.1, 0.15) is 25.7 Å². The van der Waals surface area contributed by atoms with E-state index in [2.05, 4.69) is 9.80 Å². The third-order valence-electron chi connectivity index (χ3n) is 6.06. The molecule has 0 aromatic heterocycles. The van der Waals surface area contributed by atoms with E-state index in [0.29, 0.717) is 36.5 Å². The molecule has 1 saturated carbocycles. The monoisotopic (exact) mass is 338 g/mol. The fraction of sp³-hybridized carbons (Fsp3) is 1.00. The van der Waals surface area contributed by atoms with Crippen LogP contribution in [0.2, 0.25) is 0 Å². The smallest absolute Gasteiger partial charge is 0.0936 e. The lowest BCUT2D eigenvalue weighted by Crippen LogP contribution is -2.48. The van der Waals surface area contributed by atoms with Crippen LogP contribution in [0.3, 0.4) is 0 Å². The largest absolute Gasteiger partial charge is 0.372 e. The van der Waals surface area contributed by atoms with Crippen LogP contribution in [-0.4, -0.2) is 98.9 Å². The molecule has 136 valence electrons. The third kappa shape index (κ3) is 4.48. The maximum atomic E-state index is 5.47. The molecule has 4 heterocycles. The van der Waals surface area contributed by atoms with E-state index in [0.717, 1.165) is 52.6 Å².